The van der Waals surface area contributed by atoms with Gasteiger partial charge < -0.3 is 0 Å². The van der Waals surface area contributed by atoms with E-state index in [-0.39, 0.29) is 22.2 Å². The van der Waals surface area contributed by atoms with E-state index in [2.05, 4.69) is 20.9 Å². The number of nitriles is 2. The highest BCUT2D eigenvalue weighted by molar-refractivity contribution is 9.10. The lowest BCUT2D eigenvalue weighted by Gasteiger charge is -2.07. The van der Waals surface area contributed by atoms with Crippen molar-refractivity contribution in [2.45, 2.75) is 12.8 Å². The minimum absolute atomic E-state index is 0.0399. The first-order valence-corrected chi connectivity index (χ1v) is 4.63. The van der Waals surface area contributed by atoms with E-state index in [4.69, 9.17) is 10.5 Å². The Morgan fingerprint density at radius 1 is 1.47 bits per heavy atom. The minimum Gasteiger partial charge on any atom is -0.258 e. The number of pyridine rings is 1. The first kappa shape index (κ1) is 11.5. The van der Waals surface area contributed by atoms with Crippen LogP contribution < -0.4 is 0 Å². The Kier molecular flexibility index (Phi) is 3.70. The van der Waals surface area contributed by atoms with E-state index < -0.39 is 12.0 Å². The third kappa shape index (κ3) is 2.28. The van der Waals surface area contributed by atoms with Gasteiger partial charge in [-0.2, -0.15) is 10.5 Å². The Bertz CT molecular complexity index is 460. The Hall–Kier alpha value is -1.53. The number of halogens is 3. The van der Waals surface area contributed by atoms with Crippen molar-refractivity contribution in [3.8, 4) is 12.1 Å². The molecular weight excluding hydrogens is 268 g/mol. The smallest absolute Gasteiger partial charge is 0.258 e. The predicted molar refractivity (Wildman–Crippen MR) is 50.9 cm³/mol. The van der Waals surface area contributed by atoms with Gasteiger partial charge in [0.1, 0.15) is 6.07 Å². The highest BCUT2D eigenvalue weighted by atomic mass is 79.9. The highest BCUT2D eigenvalue weighted by Crippen LogP contribution is 2.31. The molecule has 0 N–H and O–H groups in total. The Morgan fingerprint density at radius 2 is 2.13 bits per heavy atom. The summed E-state index contributed by atoms with van der Waals surface area (Å²) in [5.74, 6) is 0. The number of nitrogens with zero attached hydrogens (tertiary/aromatic N) is 3. The van der Waals surface area contributed by atoms with Gasteiger partial charge in [-0.05, 0) is 15.9 Å². The maximum atomic E-state index is 12.6. The lowest BCUT2D eigenvalue weighted by Crippen LogP contribution is -1.99. The average molecular weight is 272 g/mol. The van der Waals surface area contributed by atoms with Crippen molar-refractivity contribution in [2.75, 3.05) is 0 Å². The molecular formula is C9H4BrF2N3. The van der Waals surface area contributed by atoms with Crippen molar-refractivity contribution < 1.29 is 8.78 Å². The number of alkyl halides is 2. The van der Waals surface area contributed by atoms with Crippen molar-refractivity contribution in [2.24, 2.45) is 0 Å². The van der Waals surface area contributed by atoms with Gasteiger partial charge in [-0.25, -0.2) is 8.78 Å². The molecule has 0 aromatic carbocycles. The molecule has 0 bridgehead atoms. The van der Waals surface area contributed by atoms with Gasteiger partial charge >= 0.3 is 0 Å². The molecule has 0 atom stereocenters. The summed E-state index contributed by atoms with van der Waals surface area (Å²) in [5, 5.41) is 17.0. The van der Waals surface area contributed by atoms with Crippen molar-refractivity contribution in [1.29, 1.82) is 10.5 Å². The van der Waals surface area contributed by atoms with Crippen LogP contribution in [0.2, 0.25) is 0 Å². The summed E-state index contributed by atoms with van der Waals surface area (Å²) >= 11 is 2.93. The van der Waals surface area contributed by atoms with Crippen LogP contribution in [0.1, 0.15) is 23.2 Å². The molecule has 0 aliphatic rings. The van der Waals surface area contributed by atoms with Crippen molar-refractivity contribution in [3.05, 3.63) is 27.5 Å². The summed E-state index contributed by atoms with van der Waals surface area (Å²) in [4.78, 5) is 3.76. The van der Waals surface area contributed by atoms with Crippen LogP contribution in [0, 0.1) is 22.7 Å². The average Bonchev–Trinajstić information content (AvgIpc) is 2.20. The Labute approximate surface area is 93.1 Å². The Morgan fingerprint density at radius 3 is 2.60 bits per heavy atom. The van der Waals surface area contributed by atoms with Crippen LogP contribution in [0.5, 0.6) is 0 Å². The minimum atomic E-state index is -2.77. The second-order valence-electron chi connectivity index (χ2n) is 2.59. The normalized spacial score (nSPS) is 9.73. The maximum absolute atomic E-state index is 12.6. The maximum Gasteiger partial charge on any atom is 0.266 e. The van der Waals surface area contributed by atoms with E-state index in [1.54, 1.807) is 6.07 Å². The van der Waals surface area contributed by atoms with Crippen LogP contribution in [0.3, 0.4) is 0 Å². The molecule has 0 aliphatic heterocycles. The number of aromatic nitrogens is 1. The van der Waals surface area contributed by atoms with Gasteiger partial charge in [0, 0.05) is 6.20 Å². The zero-order valence-electron chi connectivity index (χ0n) is 7.34. The van der Waals surface area contributed by atoms with Crippen LogP contribution in [0.25, 0.3) is 0 Å². The van der Waals surface area contributed by atoms with E-state index in [9.17, 15) is 8.78 Å². The van der Waals surface area contributed by atoms with Gasteiger partial charge in [0.25, 0.3) is 6.43 Å². The van der Waals surface area contributed by atoms with Gasteiger partial charge in [-0.3, -0.25) is 4.98 Å². The van der Waals surface area contributed by atoms with Gasteiger partial charge in [0.05, 0.1) is 33.8 Å². The standard InChI is InChI=1S/C9H4BrF2N3/c10-8-6(1-2-13)15-4-5(3-14)7(8)9(11)12/h4,9H,1H2. The lowest BCUT2D eigenvalue weighted by molar-refractivity contribution is 0.150. The first-order valence-electron chi connectivity index (χ1n) is 3.84. The largest absolute Gasteiger partial charge is 0.266 e. The summed E-state index contributed by atoms with van der Waals surface area (Å²) in [6.45, 7) is 0. The molecule has 1 aromatic heterocycles. The summed E-state index contributed by atoms with van der Waals surface area (Å²) in [6, 6.07) is 3.44. The summed E-state index contributed by atoms with van der Waals surface area (Å²) in [7, 11) is 0. The quantitative estimate of drug-likeness (QED) is 0.831. The van der Waals surface area contributed by atoms with E-state index in [1.165, 1.54) is 0 Å². The third-order valence-electron chi connectivity index (χ3n) is 1.71. The molecule has 0 saturated heterocycles. The lowest BCUT2D eigenvalue weighted by atomic mass is 10.1. The molecule has 1 rings (SSSR count). The molecule has 6 heteroatoms. The van der Waals surface area contributed by atoms with Crippen LogP contribution in [-0.2, 0) is 6.42 Å². The van der Waals surface area contributed by atoms with Gasteiger partial charge in [-0.15, -0.1) is 0 Å². The SMILES string of the molecule is N#CCc1ncc(C#N)c(C(F)F)c1Br. The zero-order valence-corrected chi connectivity index (χ0v) is 8.92. The number of hydrogen-bond donors (Lipinski definition) is 0. The van der Waals surface area contributed by atoms with Crippen molar-refractivity contribution >= 4 is 15.9 Å². The monoisotopic (exact) mass is 271 g/mol. The van der Waals surface area contributed by atoms with Gasteiger partial charge in [0.2, 0.25) is 0 Å². The summed E-state index contributed by atoms with van der Waals surface area (Å²) in [6.07, 6.45) is -1.79. The molecule has 1 heterocycles. The molecule has 15 heavy (non-hydrogen) atoms. The number of hydrogen-bond acceptors (Lipinski definition) is 3. The van der Waals surface area contributed by atoms with Crippen LogP contribution in [0.4, 0.5) is 8.78 Å². The van der Waals surface area contributed by atoms with Crippen molar-refractivity contribution in [3.63, 3.8) is 0 Å². The van der Waals surface area contributed by atoms with E-state index >= 15 is 0 Å². The van der Waals surface area contributed by atoms with Crippen LogP contribution in [0.15, 0.2) is 10.7 Å². The predicted octanol–water partition coefficient (Wildman–Crippen LogP) is 2.72. The molecule has 0 saturated carbocycles. The van der Waals surface area contributed by atoms with Gasteiger partial charge in [0.15, 0.2) is 0 Å². The molecule has 76 valence electrons. The van der Waals surface area contributed by atoms with Gasteiger partial charge in [-0.1, -0.05) is 0 Å². The molecule has 0 unspecified atom stereocenters. The highest BCUT2D eigenvalue weighted by Gasteiger charge is 2.20. The fourth-order valence-electron chi connectivity index (χ4n) is 1.04. The number of rotatable bonds is 2. The molecule has 1 aromatic rings. The second-order valence-corrected chi connectivity index (χ2v) is 3.39. The molecule has 0 amide bonds. The zero-order chi connectivity index (χ0) is 11.4. The molecule has 0 fully saturated rings. The van der Waals surface area contributed by atoms with E-state index in [1.807, 2.05) is 6.07 Å². The molecule has 0 radical (unpaired) electrons. The molecule has 0 spiro atoms. The molecule has 0 aliphatic carbocycles. The fourth-order valence-corrected chi connectivity index (χ4v) is 1.67. The van der Waals surface area contributed by atoms with Crippen LogP contribution >= 0.6 is 15.9 Å². The van der Waals surface area contributed by atoms with E-state index in [0.29, 0.717) is 0 Å². The summed E-state index contributed by atoms with van der Waals surface area (Å²) in [5.41, 5.74) is -0.372. The van der Waals surface area contributed by atoms with Crippen molar-refractivity contribution in [1.82, 2.24) is 4.98 Å². The first-order chi connectivity index (χ1) is 7.11. The summed E-state index contributed by atoms with van der Waals surface area (Å²) < 4.78 is 25.2. The van der Waals surface area contributed by atoms with Crippen LogP contribution in [-0.4, -0.2) is 4.98 Å². The topological polar surface area (TPSA) is 60.5 Å². The second kappa shape index (κ2) is 4.81. The van der Waals surface area contributed by atoms with E-state index in [0.717, 1.165) is 6.20 Å². The third-order valence-corrected chi connectivity index (χ3v) is 2.60. The fraction of sp³-hybridized carbons (Fsp3) is 0.222. The Balaban J connectivity index is 3.39. The molecule has 3 nitrogen and oxygen atoms in total.